The molecule has 1 unspecified atom stereocenters. The number of aliphatic hydroxyl groups excluding tert-OH is 1. The molecule has 0 aliphatic rings. The first-order valence-electron chi connectivity index (χ1n) is 4.18. The Morgan fingerprint density at radius 2 is 2.20 bits per heavy atom. The second-order valence-electron chi connectivity index (χ2n) is 2.81. The fraction of sp³-hybridized carbons (Fsp3) is 0.375. The normalized spacial score (nSPS) is 12.3. The highest BCUT2D eigenvalue weighted by molar-refractivity contribution is 7.99. The molecular formula is C8H11N3O3S. The van der Waals surface area contributed by atoms with Crippen molar-refractivity contribution in [2.45, 2.75) is 17.6 Å². The Morgan fingerprint density at radius 1 is 1.53 bits per heavy atom. The third-order valence-electron chi connectivity index (χ3n) is 1.51. The molecule has 1 atom stereocenters. The van der Waals surface area contributed by atoms with Gasteiger partial charge in [-0.2, -0.15) is 0 Å². The summed E-state index contributed by atoms with van der Waals surface area (Å²) in [6.07, 6.45) is 1.76. The van der Waals surface area contributed by atoms with Crippen LogP contribution < -0.4 is 5.73 Å². The van der Waals surface area contributed by atoms with Crippen molar-refractivity contribution in [3.8, 4) is 0 Å². The van der Waals surface area contributed by atoms with Crippen LogP contribution in [0.25, 0.3) is 0 Å². The van der Waals surface area contributed by atoms with Crippen LogP contribution in [0.3, 0.4) is 0 Å². The van der Waals surface area contributed by atoms with E-state index in [1.54, 1.807) is 0 Å². The molecule has 1 aromatic rings. The van der Waals surface area contributed by atoms with Crippen LogP contribution in [0.4, 0.5) is 5.82 Å². The number of carboxylic acid groups (broad SMARTS) is 1. The summed E-state index contributed by atoms with van der Waals surface area (Å²) < 4.78 is 0. The van der Waals surface area contributed by atoms with E-state index in [-0.39, 0.29) is 18.0 Å². The largest absolute Gasteiger partial charge is 0.481 e. The molecule has 15 heavy (non-hydrogen) atoms. The Kier molecular flexibility index (Phi) is 4.32. The van der Waals surface area contributed by atoms with E-state index in [4.69, 9.17) is 10.8 Å². The maximum Gasteiger partial charge on any atom is 0.306 e. The van der Waals surface area contributed by atoms with Crippen molar-refractivity contribution in [2.24, 2.45) is 0 Å². The molecule has 1 heterocycles. The molecule has 1 rings (SSSR count). The highest BCUT2D eigenvalue weighted by Gasteiger charge is 2.11. The number of anilines is 1. The summed E-state index contributed by atoms with van der Waals surface area (Å²) >= 11 is 1.19. The van der Waals surface area contributed by atoms with Crippen molar-refractivity contribution < 1.29 is 15.0 Å². The molecule has 6 nitrogen and oxygen atoms in total. The predicted octanol–water partition coefficient (Wildman–Crippen LogP) is -0.0135. The Morgan fingerprint density at radius 3 is 2.80 bits per heavy atom. The van der Waals surface area contributed by atoms with Crippen LogP contribution in [0.1, 0.15) is 6.42 Å². The summed E-state index contributed by atoms with van der Waals surface area (Å²) in [6.45, 7) is 0. The lowest BCUT2D eigenvalue weighted by molar-refractivity contribution is -0.138. The van der Waals surface area contributed by atoms with Gasteiger partial charge < -0.3 is 15.9 Å². The Hall–Kier alpha value is -1.34. The lowest BCUT2D eigenvalue weighted by atomic mass is 10.3. The summed E-state index contributed by atoms with van der Waals surface area (Å²) in [5.41, 5.74) is 5.52. The van der Waals surface area contributed by atoms with E-state index in [1.807, 2.05) is 0 Å². The number of aliphatic carboxylic acids is 1. The molecule has 0 aromatic carbocycles. The zero-order chi connectivity index (χ0) is 11.3. The van der Waals surface area contributed by atoms with Gasteiger partial charge in [0.05, 0.1) is 12.5 Å². The molecule has 0 aliphatic carbocycles. The molecule has 1 aromatic heterocycles. The SMILES string of the molecule is Nc1nccnc1SCC(O)CC(=O)O. The van der Waals surface area contributed by atoms with Crippen molar-refractivity contribution in [3.05, 3.63) is 12.4 Å². The molecular weight excluding hydrogens is 218 g/mol. The lowest BCUT2D eigenvalue weighted by Crippen LogP contribution is -2.15. The molecule has 0 saturated heterocycles. The van der Waals surface area contributed by atoms with Gasteiger partial charge >= 0.3 is 5.97 Å². The highest BCUT2D eigenvalue weighted by atomic mass is 32.2. The first-order chi connectivity index (χ1) is 7.09. The minimum atomic E-state index is -1.03. The van der Waals surface area contributed by atoms with Gasteiger partial charge in [-0.1, -0.05) is 11.8 Å². The van der Waals surface area contributed by atoms with Gasteiger partial charge in [-0.05, 0) is 0 Å². The van der Waals surface area contributed by atoms with Crippen molar-refractivity contribution in [2.75, 3.05) is 11.5 Å². The summed E-state index contributed by atoms with van der Waals surface area (Å²) in [7, 11) is 0. The number of carboxylic acids is 1. The summed E-state index contributed by atoms with van der Waals surface area (Å²) in [4.78, 5) is 18.0. The fourth-order valence-corrected chi connectivity index (χ4v) is 1.69. The van der Waals surface area contributed by atoms with Crippen molar-refractivity contribution in [3.63, 3.8) is 0 Å². The maximum absolute atomic E-state index is 10.3. The van der Waals surface area contributed by atoms with E-state index in [0.29, 0.717) is 5.03 Å². The number of aromatic nitrogens is 2. The number of nitrogen functional groups attached to an aromatic ring is 1. The van der Waals surface area contributed by atoms with Gasteiger partial charge in [0.2, 0.25) is 0 Å². The number of thioether (sulfide) groups is 1. The minimum absolute atomic E-state index is 0.231. The van der Waals surface area contributed by atoms with Gasteiger partial charge in [0.15, 0.2) is 5.82 Å². The van der Waals surface area contributed by atoms with Crippen LogP contribution >= 0.6 is 11.8 Å². The highest BCUT2D eigenvalue weighted by Crippen LogP contribution is 2.20. The van der Waals surface area contributed by atoms with Crippen LogP contribution in [-0.4, -0.2) is 38.0 Å². The van der Waals surface area contributed by atoms with Gasteiger partial charge in [0.25, 0.3) is 0 Å². The van der Waals surface area contributed by atoms with Gasteiger partial charge in [0, 0.05) is 18.1 Å². The fourth-order valence-electron chi connectivity index (χ4n) is 0.883. The molecule has 0 aliphatic heterocycles. The maximum atomic E-state index is 10.3. The van der Waals surface area contributed by atoms with E-state index in [2.05, 4.69) is 9.97 Å². The van der Waals surface area contributed by atoms with E-state index in [0.717, 1.165) is 0 Å². The third-order valence-corrected chi connectivity index (χ3v) is 2.65. The molecule has 0 fully saturated rings. The number of hydrogen-bond acceptors (Lipinski definition) is 6. The van der Waals surface area contributed by atoms with Gasteiger partial charge in [-0.3, -0.25) is 4.79 Å². The average molecular weight is 229 g/mol. The molecule has 82 valence electrons. The lowest BCUT2D eigenvalue weighted by Gasteiger charge is -2.07. The van der Waals surface area contributed by atoms with Crippen molar-refractivity contribution in [1.29, 1.82) is 0 Å². The zero-order valence-corrected chi connectivity index (χ0v) is 8.65. The summed E-state index contributed by atoms with van der Waals surface area (Å²) in [5.74, 6) is -0.518. The van der Waals surface area contributed by atoms with Crippen LogP contribution in [0.15, 0.2) is 17.4 Å². The standard InChI is InChI=1S/C8H11N3O3S/c9-7-8(11-2-1-10-7)15-4-5(12)3-6(13)14/h1-2,5,12H,3-4H2,(H2,9,10)(H,13,14). The van der Waals surface area contributed by atoms with E-state index in [1.165, 1.54) is 24.2 Å². The Labute approximate surface area is 90.5 Å². The summed E-state index contributed by atoms with van der Waals surface area (Å²) in [6, 6.07) is 0. The van der Waals surface area contributed by atoms with Gasteiger partial charge in [-0.15, -0.1) is 0 Å². The molecule has 4 N–H and O–H groups in total. The van der Waals surface area contributed by atoms with E-state index < -0.39 is 12.1 Å². The van der Waals surface area contributed by atoms with E-state index in [9.17, 15) is 9.90 Å². The first-order valence-corrected chi connectivity index (χ1v) is 5.17. The number of nitrogens with zero attached hydrogens (tertiary/aromatic N) is 2. The second-order valence-corrected chi connectivity index (χ2v) is 3.82. The van der Waals surface area contributed by atoms with Crippen molar-refractivity contribution >= 4 is 23.5 Å². The minimum Gasteiger partial charge on any atom is -0.481 e. The molecule has 0 spiro atoms. The molecule has 7 heteroatoms. The monoisotopic (exact) mass is 229 g/mol. The number of nitrogens with two attached hydrogens (primary N) is 1. The van der Waals surface area contributed by atoms with E-state index >= 15 is 0 Å². The quantitative estimate of drug-likeness (QED) is 0.609. The second kappa shape index (κ2) is 5.52. The van der Waals surface area contributed by atoms with Crippen LogP contribution in [0, 0.1) is 0 Å². The third kappa shape index (κ3) is 4.13. The zero-order valence-electron chi connectivity index (χ0n) is 7.83. The van der Waals surface area contributed by atoms with Crippen molar-refractivity contribution in [1.82, 2.24) is 9.97 Å². The first kappa shape index (κ1) is 11.7. The number of rotatable bonds is 5. The average Bonchev–Trinajstić information content (AvgIpc) is 2.15. The Bertz CT molecular complexity index is 348. The predicted molar refractivity (Wildman–Crippen MR) is 55.4 cm³/mol. The molecule has 0 saturated carbocycles. The van der Waals surface area contributed by atoms with Crippen LogP contribution in [-0.2, 0) is 4.79 Å². The van der Waals surface area contributed by atoms with Crippen LogP contribution in [0.2, 0.25) is 0 Å². The molecule has 0 bridgehead atoms. The van der Waals surface area contributed by atoms with Gasteiger partial charge in [0.1, 0.15) is 5.03 Å². The Balaban J connectivity index is 2.43. The summed E-state index contributed by atoms with van der Waals surface area (Å²) in [5, 5.41) is 18.2. The smallest absolute Gasteiger partial charge is 0.306 e. The topological polar surface area (TPSA) is 109 Å². The number of hydrogen-bond donors (Lipinski definition) is 3. The molecule has 0 radical (unpaired) electrons. The number of carbonyl (C=O) groups is 1. The molecule has 0 amide bonds. The number of aliphatic hydroxyl groups is 1. The van der Waals surface area contributed by atoms with Crippen LogP contribution in [0.5, 0.6) is 0 Å². The van der Waals surface area contributed by atoms with Gasteiger partial charge in [-0.25, -0.2) is 9.97 Å².